The maximum Gasteiger partial charge on any atom is 0.416 e. The van der Waals surface area contributed by atoms with E-state index in [9.17, 15) is 28.5 Å². The first-order valence-corrected chi connectivity index (χ1v) is 8.44. The van der Waals surface area contributed by atoms with E-state index < -0.39 is 16.7 Å². The van der Waals surface area contributed by atoms with Crippen LogP contribution in [0.5, 0.6) is 11.6 Å². The number of alkyl halides is 3. The monoisotopic (exact) mass is 411 g/mol. The first kappa shape index (κ1) is 20.5. The molecular formula is C21H12F3N3O3. The van der Waals surface area contributed by atoms with Gasteiger partial charge in [0.25, 0.3) is 5.69 Å². The zero-order valence-electron chi connectivity index (χ0n) is 15.1. The number of aromatic nitrogens is 1. The van der Waals surface area contributed by atoms with Crippen molar-refractivity contribution in [1.82, 2.24) is 4.98 Å². The van der Waals surface area contributed by atoms with Crippen molar-refractivity contribution in [2.45, 2.75) is 6.18 Å². The molecular weight excluding hydrogens is 399 g/mol. The van der Waals surface area contributed by atoms with Crippen molar-refractivity contribution >= 4 is 17.3 Å². The largest absolute Gasteiger partial charge is 0.439 e. The minimum absolute atomic E-state index is 0.161. The summed E-state index contributed by atoms with van der Waals surface area (Å²) in [7, 11) is 0. The molecule has 3 rings (SSSR count). The number of rotatable bonds is 5. The fourth-order valence-corrected chi connectivity index (χ4v) is 2.48. The van der Waals surface area contributed by atoms with Gasteiger partial charge in [0.1, 0.15) is 11.9 Å². The molecule has 0 bridgehead atoms. The molecule has 0 amide bonds. The van der Waals surface area contributed by atoms with Crippen molar-refractivity contribution in [3.63, 3.8) is 0 Å². The highest BCUT2D eigenvalue weighted by Crippen LogP contribution is 2.30. The Balaban J connectivity index is 1.75. The maximum atomic E-state index is 12.6. The number of pyridine rings is 1. The number of benzene rings is 2. The van der Waals surface area contributed by atoms with E-state index in [0.29, 0.717) is 16.9 Å². The third-order valence-electron chi connectivity index (χ3n) is 3.99. The van der Waals surface area contributed by atoms with Gasteiger partial charge in [0.15, 0.2) is 0 Å². The summed E-state index contributed by atoms with van der Waals surface area (Å²) in [6.07, 6.45) is -1.87. The molecule has 1 heterocycles. The van der Waals surface area contributed by atoms with Crippen LogP contribution in [0.15, 0.2) is 66.9 Å². The van der Waals surface area contributed by atoms with Gasteiger partial charge in [-0.2, -0.15) is 18.4 Å². The molecule has 0 fully saturated rings. The highest BCUT2D eigenvalue weighted by Gasteiger charge is 2.29. The van der Waals surface area contributed by atoms with E-state index in [-0.39, 0.29) is 17.1 Å². The Kier molecular flexibility index (Phi) is 5.78. The van der Waals surface area contributed by atoms with Crippen LogP contribution in [0.1, 0.15) is 16.7 Å². The molecule has 1 aromatic heterocycles. The molecule has 150 valence electrons. The molecule has 0 saturated carbocycles. The SMILES string of the molecule is N#CC(=Cc1ccc(C(F)(F)F)cc1)c1ccc(Oc2ccc([N+](=O)[O-])cn2)cc1. The van der Waals surface area contributed by atoms with Gasteiger partial charge >= 0.3 is 6.18 Å². The molecule has 30 heavy (non-hydrogen) atoms. The molecule has 0 saturated heterocycles. The quantitative estimate of drug-likeness (QED) is 0.227. The Morgan fingerprint density at radius 1 is 1.07 bits per heavy atom. The second-order valence-electron chi connectivity index (χ2n) is 6.03. The van der Waals surface area contributed by atoms with Crippen LogP contribution in [0.2, 0.25) is 0 Å². The van der Waals surface area contributed by atoms with Crippen LogP contribution in [0, 0.1) is 21.4 Å². The number of nitrogens with zero attached hydrogens (tertiary/aromatic N) is 3. The topological polar surface area (TPSA) is 89.0 Å². The Bertz CT molecular complexity index is 1120. The average Bonchev–Trinajstić information content (AvgIpc) is 2.73. The number of nitro groups is 1. The summed E-state index contributed by atoms with van der Waals surface area (Å²) >= 11 is 0. The van der Waals surface area contributed by atoms with Gasteiger partial charge in [-0.1, -0.05) is 12.1 Å². The van der Waals surface area contributed by atoms with Gasteiger partial charge in [-0.05, 0) is 53.6 Å². The molecule has 0 aliphatic rings. The Hall–Kier alpha value is -4.19. The molecule has 0 aliphatic carbocycles. The van der Waals surface area contributed by atoms with E-state index in [0.717, 1.165) is 18.3 Å². The predicted octanol–water partition coefficient (Wildman–Crippen LogP) is 5.87. The highest BCUT2D eigenvalue weighted by atomic mass is 19.4. The van der Waals surface area contributed by atoms with Crippen LogP contribution in [0.4, 0.5) is 18.9 Å². The zero-order valence-corrected chi connectivity index (χ0v) is 15.1. The van der Waals surface area contributed by atoms with Gasteiger partial charge in [-0.25, -0.2) is 4.98 Å². The van der Waals surface area contributed by atoms with Gasteiger partial charge in [0, 0.05) is 12.1 Å². The zero-order chi connectivity index (χ0) is 21.7. The molecule has 0 spiro atoms. The van der Waals surface area contributed by atoms with Crippen LogP contribution >= 0.6 is 0 Å². The summed E-state index contributed by atoms with van der Waals surface area (Å²) in [6.45, 7) is 0. The summed E-state index contributed by atoms with van der Waals surface area (Å²) in [6, 6.07) is 15.5. The summed E-state index contributed by atoms with van der Waals surface area (Å²) in [5, 5.41) is 20.0. The smallest absolute Gasteiger partial charge is 0.416 e. The lowest BCUT2D eigenvalue weighted by Gasteiger charge is -2.07. The summed E-state index contributed by atoms with van der Waals surface area (Å²) < 4.78 is 43.4. The molecule has 0 atom stereocenters. The average molecular weight is 411 g/mol. The summed E-state index contributed by atoms with van der Waals surface area (Å²) in [4.78, 5) is 13.9. The van der Waals surface area contributed by atoms with Crippen LogP contribution in [0.25, 0.3) is 11.6 Å². The van der Waals surface area contributed by atoms with E-state index in [4.69, 9.17) is 4.74 Å². The number of allylic oxidation sites excluding steroid dienone is 1. The summed E-state index contributed by atoms with van der Waals surface area (Å²) in [5.41, 5.74) is 0.329. The molecule has 0 N–H and O–H groups in total. The van der Waals surface area contributed by atoms with E-state index in [2.05, 4.69) is 4.98 Å². The second-order valence-corrected chi connectivity index (χ2v) is 6.03. The van der Waals surface area contributed by atoms with Gasteiger partial charge in [-0.15, -0.1) is 0 Å². The van der Waals surface area contributed by atoms with Crippen molar-refractivity contribution in [3.8, 4) is 17.7 Å². The fraction of sp³-hybridized carbons (Fsp3) is 0.0476. The van der Waals surface area contributed by atoms with Gasteiger partial charge < -0.3 is 4.74 Å². The van der Waals surface area contributed by atoms with Crippen LogP contribution in [0.3, 0.4) is 0 Å². The van der Waals surface area contributed by atoms with Crippen molar-refractivity contribution in [3.05, 3.63) is 93.7 Å². The van der Waals surface area contributed by atoms with Crippen LogP contribution in [-0.4, -0.2) is 9.91 Å². The lowest BCUT2D eigenvalue weighted by atomic mass is 10.0. The van der Waals surface area contributed by atoms with E-state index >= 15 is 0 Å². The molecule has 0 unspecified atom stereocenters. The van der Waals surface area contributed by atoms with Crippen LogP contribution < -0.4 is 4.74 Å². The minimum atomic E-state index is -4.42. The van der Waals surface area contributed by atoms with Crippen molar-refractivity contribution < 1.29 is 22.8 Å². The summed E-state index contributed by atoms with van der Waals surface area (Å²) in [5.74, 6) is 0.557. The van der Waals surface area contributed by atoms with E-state index in [1.807, 2.05) is 6.07 Å². The Morgan fingerprint density at radius 3 is 2.23 bits per heavy atom. The molecule has 9 heteroatoms. The second kappa shape index (κ2) is 8.45. The third kappa shape index (κ3) is 4.99. The van der Waals surface area contributed by atoms with Crippen molar-refractivity contribution in [2.75, 3.05) is 0 Å². The molecule has 3 aromatic rings. The highest BCUT2D eigenvalue weighted by molar-refractivity contribution is 5.89. The number of ether oxygens (including phenoxy) is 1. The lowest BCUT2D eigenvalue weighted by Crippen LogP contribution is -2.03. The van der Waals surface area contributed by atoms with Crippen molar-refractivity contribution in [2.24, 2.45) is 0 Å². The fourth-order valence-electron chi connectivity index (χ4n) is 2.48. The molecule has 0 radical (unpaired) electrons. The molecule has 6 nitrogen and oxygen atoms in total. The molecule has 0 aliphatic heterocycles. The normalized spacial score (nSPS) is 11.6. The first-order valence-electron chi connectivity index (χ1n) is 8.44. The van der Waals surface area contributed by atoms with Crippen molar-refractivity contribution in [1.29, 1.82) is 5.26 Å². The maximum absolute atomic E-state index is 12.6. The van der Waals surface area contributed by atoms with E-state index in [1.54, 1.807) is 24.3 Å². The predicted molar refractivity (Wildman–Crippen MR) is 102 cm³/mol. The van der Waals surface area contributed by atoms with Gasteiger partial charge in [0.2, 0.25) is 5.88 Å². The number of halogens is 3. The first-order chi connectivity index (χ1) is 14.3. The van der Waals surface area contributed by atoms with Crippen LogP contribution in [-0.2, 0) is 6.18 Å². The lowest BCUT2D eigenvalue weighted by molar-refractivity contribution is -0.385. The van der Waals surface area contributed by atoms with Gasteiger partial charge in [-0.3, -0.25) is 10.1 Å². The molecule has 2 aromatic carbocycles. The third-order valence-corrected chi connectivity index (χ3v) is 3.99. The Morgan fingerprint density at radius 2 is 1.73 bits per heavy atom. The minimum Gasteiger partial charge on any atom is -0.439 e. The number of hydrogen-bond acceptors (Lipinski definition) is 5. The van der Waals surface area contributed by atoms with Gasteiger partial charge in [0.05, 0.1) is 22.1 Å². The van der Waals surface area contributed by atoms with E-state index in [1.165, 1.54) is 30.3 Å². The Labute approximate surface area is 168 Å². The number of nitriles is 1. The number of hydrogen-bond donors (Lipinski definition) is 0. The standard InChI is InChI=1S/C21H12F3N3O3/c22-21(23,24)17-5-1-14(2-6-17)11-16(12-25)15-3-8-19(9-4-15)30-20-10-7-18(13-26-20)27(28)29/h1-11,13H.